The fraction of sp³-hybridized carbons (Fsp3) is 0. The zero-order chi connectivity index (χ0) is 54.4. The first-order valence-corrected chi connectivity index (χ1v) is 25.4. The Hall–Kier alpha value is -12.2. The Bertz CT molecular complexity index is 4900. The molecule has 0 N–H and O–H groups in total. The molecule has 10 heteroatoms. The molecule has 0 aliphatic heterocycles. The molecule has 13 rings (SSSR count). The van der Waals surface area contributed by atoms with Gasteiger partial charge in [0.1, 0.15) is 0 Å². The van der Waals surface area contributed by atoms with Crippen LogP contribution in [0.15, 0.2) is 218 Å². The van der Waals surface area contributed by atoms with Gasteiger partial charge in [-0.05, 0) is 102 Å². The Labute approximate surface area is 459 Å². The molecule has 0 aliphatic rings. The van der Waals surface area contributed by atoms with E-state index in [9.17, 15) is 15.8 Å². The highest BCUT2D eigenvalue weighted by Crippen LogP contribution is 2.45. The van der Waals surface area contributed by atoms with E-state index in [2.05, 4.69) is 121 Å². The Morgan fingerprint density at radius 2 is 0.912 bits per heavy atom. The summed E-state index contributed by atoms with van der Waals surface area (Å²) in [6.07, 6.45) is 0. The Kier molecular flexibility index (Phi) is 11.6. The molecule has 0 bridgehead atoms. The average Bonchev–Trinajstić information content (AvgIpc) is 4.09. The number of nitriles is 3. The summed E-state index contributed by atoms with van der Waals surface area (Å²) >= 11 is 0. The maximum absolute atomic E-state index is 10.3. The third-order valence-electron chi connectivity index (χ3n) is 14.7. The van der Waals surface area contributed by atoms with Gasteiger partial charge in [-0.25, -0.2) is 24.5 Å². The number of aromatic nitrogens is 4. The normalized spacial score (nSPS) is 10.9. The predicted octanol–water partition coefficient (Wildman–Crippen LogP) is 17.9. The number of nitrogens with zero attached hydrogens (tertiary/aromatic N) is 10. The largest absolute Gasteiger partial charge is 0.309 e. The molecule has 366 valence electrons. The number of rotatable bonds is 8. The summed E-state index contributed by atoms with van der Waals surface area (Å²) in [5.41, 5.74) is 15.5. The molecule has 0 saturated heterocycles. The zero-order valence-corrected chi connectivity index (χ0v) is 42.3. The number of hydrogen-bond acceptors (Lipinski definition) is 5. The first-order valence-electron chi connectivity index (χ1n) is 25.4. The highest BCUT2D eigenvalue weighted by atomic mass is 15.0. The standard InChI is InChI=1S/C70H36N10/c1-74-52-33-51(42-73)69(62(38-52)76-3)49-26-29-66-57(36-49)54-21-10-12-23-63(54)79(66)53-20-14-19-46(34-53)56-35-47(60-39-59(44-15-6-4-7-16-44)77-70(78-60)45-17-8-5-9-18-45)25-28-65(56)80-64-24-13-11-22-55(64)58-37-48(27-30-67(58)80)68-50(41-72)31-43(40-71)32-61(68)75-2/h4-39H. The molecule has 3 heterocycles. The Balaban J connectivity index is 1.05. The lowest BCUT2D eigenvalue weighted by Crippen LogP contribution is -2.00. The molecule has 0 aliphatic carbocycles. The van der Waals surface area contributed by atoms with E-state index in [1.165, 1.54) is 12.1 Å². The molecule has 0 unspecified atom stereocenters. The van der Waals surface area contributed by atoms with Crippen molar-refractivity contribution in [3.05, 3.63) is 269 Å². The first-order chi connectivity index (χ1) is 39.4. The molecule has 10 nitrogen and oxygen atoms in total. The fourth-order valence-corrected chi connectivity index (χ4v) is 11.1. The molecule has 0 fully saturated rings. The lowest BCUT2D eigenvalue weighted by molar-refractivity contribution is 1.16. The summed E-state index contributed by atoms with van der Waals surface area (Å²) < 4.78 is 4.51. The van der Waals surface area contributed by atoms with E-state index >= 15 is 0 Å². The Morgan fingerprint density at radius 3 is 1.54 bits per heavy atom. The molecule has 0 radical (unpaired) electrons. The quantitative estimate of drug-likeness (QED) is 0.140. The summed E-state index contributed by atoms with van der Waals surface area (Å²) in [5, 5.41) is 34.2. The zero-order valence-electron chi connectivity index (χ0n) is 42.3. The van der Waals surface area contributed by atoms with Gasteiger partial charge >= 0.3 is 0 Å². The van der Waals surface area contributed by atoms with Crippen molar-refractivity contribution in [2.75, 3.05) is 0 Å². The van der Waals surface area contributed by atoms with Gasteiger partial charge in [0.25, 0.3) is 0 Å². The van der Waals surface area contributed by atoms with Crippen LogP contribution in [0.1, 0.15) is 16.7 Å². The van der Waals surface area contributed by atoms with Gasteiger partial charge in [-0.1, -0.05) is 133 Å². The second kappa shape index (κ2) is 19.5. The van der Waals surface area contributed by atoms with E-state index < -0.39 is 0 Å². The van der Waals surface area contributed by atoms with E-state index in [-0.39, 0.29) is 33.8 Å². The molecular formula is C70H36N10. The third-order valence-corrected chi connectivity index (χ3v) is 14.7. The van der Waals surface area contributed by atoms with Crippen molar-refractivity contribution in [2.45, 2.75) is 0 Å². The van der Waals surface area contributed by atoms with Crippen LogP contribution in [0.3, 0.4) is 0 Å². The summed E-state index contributed by atoms with van der Waals surface area (Å²) in [5.74, 6) is 0.597. The van der Waals surface area contributed by atoms with Crippen LogP contribution in [-0.4, -0.2) is 19.1 Å². The van der Waals surface area contributed by atoms with Crippen molar-refractivity contribution in [3.63, 3.8) is 0 Å². The van der Waals surface area contributed by atoms with Gasteiger partial charge in [0, 0.05) is 71.7 Å². The SMILES string of the molecule is [C-]#[N+]c1cc(C#N)c(-c2ccc3c(c2)c2ccccc2n3-c2cccc(-c3cc(-c4cc(-c5ccccc5)nc(-c5ccccc5)n4)ccc3-n3c4ccccc4c4cc(-c5c(C#N)cc(C#N)cc5[N+]#[C-])ccc43)c2)c([N+]#[C-])c1. The van der Waals surface area contributed by atoms with E-state index in [0.717, 1.165) is 94.2 Å². The molecule has 0 saturated carbocycles. The first kappa shape index (κ1) is 47.5. The number of fused-ring (bicyclic) bond motifs is 6. The maximum Gasteiger partial charge on any atom is 0.197 e. The van der Waals surface area contributed by atoms with Gasteiger partial charge < -0.3 is 9.13 Å². The molecule has 0 spiro atoms. The minimum absolute atomic E-state index is 0.232. The molecule has 10 aromatic carbocycles. The lowest BCUT2D eigenvalue weighted by atomic mass is 9.95. The number of hydrogen-bond donors (Lipinski definition) is 0. The van der Waals surface area contributed by atoms with Crippen LogP contribution in [0.4, 0.5) is 17.1 Å². The summed E-state index contributed by atoms with van der Waals surface area (Å²) in [6, 6.07) is 78.3. The molecular weight excluding hydrogens is 981 g/mol. The van der Waals surface area contributed by atoms with E-state index in [4.69, 9.17) is 29.7 Å². The minimum atomic E-state index is 0.232. The van der Waals surface area contributed by atoms with Crippen molar-refractivity contribution < 1.29 is 0 Å². The van der Waals surface area contributed by atoms with E-state index in [0.29, 0.717) is 28.1 Å². The smallest absolute Gasteiger partial charge is 0.197 e. The van der Waals surface area contributed by atoms with Crippen molar-refractivity contribution in [3.8, 4) is 96.9 Å². The Morgan fingerprint density at radius 1 is 0.375 bits per heavy atom. The van der Waals surface area contributed by atoms with Crippen molar-refractivity contribution in [1.82, 2.24) is 19.1 Å². The predicted molar refractivity (Wildman–Crippen MR) is 316 cm³/mol. The van der Waals surface area contributed by atoms with Gasteiger partial charge in [0.2, 0.25) is 0 Å². The maximum atomic E-state index is 10.3. The van der Waals surface area contributed by atoms with Crippen LogP contribution < -0.4 is 0 Å². The summed E-state index contributed by atoms with van der Waals surface area (Å²) in [6.45, 7) is 23.7. The van der Waals surface area contributed by atoms with Gasteiger partial charge in [-0.3, -0.25) is 0 Å². The van der Waals surface area contributed by atoms with Crippen LogP contribution in [-0.2, 0) is 0 Å². The number of benzene rings is 10. The van der Waals surface area contributed by atoms with Gasteiger partial charge in [-0.2, -0.15) is 15.8 Å². The highest BCUT2D eigenvalue weighted by Gasteiger charge is 2.23. The summed E-state index contributed by atoms with van der Waals surface area (Å²) in [4.78, 5) is 21.4. The van der Waals surface area contributed by atoms with E-state index in [1.807, 2.05) is 115 Å². The fourth-order valence-electron chi connectivity index (χ4n) is 11.1. The molecule has 80 heavy (non-hydrogen) atoms. The monoisotopic (exact) mass is 1020 g/mol. The van der Waals surface area contributed by atoms with Crippen LogP contribution in [0, 0.1) is 53.7 Å². The second-order valence-corrected chi connectivity index (χ2v) is 19.1. The topological polar surface area (TPSA) is 120 Å². The minimum Gasteiger partial charge on any atom is -0.309 e. The molecule has 0 amide bonds. The van der Waals surface area contributed by atoms with Crippen molar-refractivity contribution in [2.24, 2.45) is 0 Å². The lowest BCUT2D eigenvalue weighted by Gasteiger charge is -2.18. The highest BCUT2D eigenvalue weighted by molar-refractivity contribution is 6.13. The average molecular weight is 1020 g/mol. The van der Waals surface area contributed by atoms with Gasteiger partial charge in [0.15, 0.2) is 22.9 Å². The van der Waals surface area contributed by atoms with Crippen LogP contribution in [0.25, 0.3) is 137 Å². The van der Waals surface area contributed by atoms with Gasteiger partial charge in [-0.15, -0.1) is 0 Å². The molecule has 3 aromatic heterocycles. The third kappa shape index (κ3) is 7.92. The van der Waals surface area contributed by atoms with Crippen molar-refractivity contribution >= 4 is 60.7 Å². The van der Waals surface area contributed by atoms with Crippen LogP contribution >= 0.6 is 0 Å². The van der Waals surface area contributed by atoms with E-state index in [1.54, 1.807) is 12.1 Å². The van der Waals surface area contributed by atoms with Crippen molar-refractivity contribution in [1.29, 1.82) is 15.8 Å². The van der Waals surface area contributed by atoms with Crippen LogP contribution in [0.5, 0.6) is 0 Å². The van der Waals surface area contributed by atoms with Crippen LogP contribution in [0.2, 0.25) is 0 Å². The van der Waals surface area contributed by atoms with Gasteiger partial charge in [0.05, 0.1) is 82.6 Å². The second-order valence-electron chi connectivity index (χ2n) is 19.1. The molecule has 13 aromatic rings. The summed E-state index contributed by atoms with van der Waals surface area (Å²) in [7, 11) is 0. The molecule has 0 atom stereocenters. The number of para-hydroxylation sites is 2.